The zero-order chi connectivity index (χ0) is 43.3. The number of rotatable bonds is 21. The lowest BCUT2D eigenvalue weighted by Crippen LogP contribution is -2.59. The van der Waals surface area contributed by atoms with Crippen LogP contribution < -0.4 is 31.9 Å². The molecular formula is C41H60N6O11. The van der Waals surface area contributed by atoms with Gasteiger partial charge in [0.15, 0.2) is 0 Å². The van der Waals surface area contributed by atoms with Crippen LogP contribution >= 0.6 is 0 Å². The van der Waals surface area contributed by atoms with Crippen LogP contribution in [0.5, 0.6) is 0 Å². The van der Waals surface area contributed by atoms with Gasteiger partial charge in [-0.05, 0) is 78.9 Å². The first-order valence-corrected chi connectivity index (χ1v) is 19.1. The number of hydrogen-bond acceptors (Lipinski definition) is 11. The molecule has 2 aromatic rings. The van der Waals surface area contributed by atoms with E-state index in [9.17, 15) is 33.6 Å². The topological polar surface area (TPSA) is 229 Å². The highest BCUT2D eigenvalue weighted by Gasteiger charge is 2.31. The van der Waals surface area contributed by atoms with Crippen molar-refractivity contribution in [3.8, 4) is 0 Å². The molecule has 2 rings (SSSR count). The molecule has 17 nitrogen and oxygen atoms in total. The number of alkyl carbamates (subject to hydrolysis) is 2. The number of methoxy groups -OCH3 is 1. The van der Waals surface area contributed by atoms with E-state index >= 15 is 0 Å². The maximum Gasteiger partial charge on any atom is 0.408 e. The molecule has 0 saturated carbocycles. The molecule has 6 amide bonds. The van der Waals surface area contributed by atoms with Gasteiger partial charge in [0.1, 0.15) is 42.9 Å². The summed E-state index contributed by atoms with van der Waals surface area (Å²) in [5.74, 6) is -3.58. The Morgan fingerprint density at radius 2 is 1.21 bits per heavy atom. The normalized spacial score (nSPS) is 13.3. The van der Waals surface area contributed by atoms with Gasteiger partial charge in [-0.15, -0.1) is 0 Å². The summed E-state index contributed by atoms with van der Waals surface area (Å²) in [6, 6.07) is 13.1. The molecule has 0 radical (unpaired) electrons. The third kappa shape index (κ3) is 20.5. The van der Waals surface area contributed by atoms with Crippen molar-refractivity contribution in [1.29, 1.82) is 0 Å². The average Bonchev–Trinajstić information content (AvgIpc) is 3.16. The fraction of sp³-hybridized carbons (Fsp3) is 0.537. The molecule has 320 valence electrons. The Hall–Kier alpha value is -5.71. The number of carbonyl (C=O) groups excluding carboxylic acids is 7. The van der Waals surface area contributed by atoms with Gasteiger partial charge in [0, 0.05) is 13.0 Å². The molecular weight excluding hydrogens is 752 g/mol. The highest BCUT2D eigenvalue weighted by atomic mass is 16.6. The highest BCUT2D eigenvalue weighted by Crippen LogP contribution is 2.11. The minimum atomic E-state index is -1.32. The van der Waals surface area contributed by atoms with Crippen LogP contribution in [-0.2, 0) is 55.9 Å². The van der Waals surface area contributed by atoms with Crippen LogP contribution in [0.25, 0.3) is 0 Å². The first kappa shape index (κ1) is 48.4. The van der Waals surface area contributed by atoms with Crippen LogP contribution in [0.1, 0.15) is 78.9 Å². The van der Waals surface area contributed by atoms with Gasteiger partial charge in [-0.3, -0.25) is 24.0 Å². The van der Waals surface area contributed by atoms with Gasteiger partial charge >= 0.3 is 18.2 Å². The second-order valence-corrected chi connectivity index (χ2v) is 15.4. The van der Waals surface area contributed by atoms with E-state index in [0.717, 1.165) is 11.1 Å². The molecule has 2 aromatic carbocycles. The van der Waals surface area contributed by atoms with Gasteiger partial charge in [-0.2, -0.15) is 0 Å². The van der Waals surface area contributed by atoms with E-state index < -0.39 is 83.7 Å². The minimum Gasteiger partial charge on any atom is -0.468 e. The lowest BCUT2D eigenvalue weighted by Gasteiger charge is -2.27. The quantitative estimate of drug-likeness (QED) is 0.0610. The summed E-state index contributed by atoms with van der Waals surface area (Å²) in [4.78, 5) is 90.5. The molecule has 0 aromatic heterocycles. The Bertz CT molecular complexity index is 1650. The number of carbonyl (C=O) groups is 7. The van der Waals surface area contributed by atoms with Crippen molar-refractivity contribution >= 4 is 41.8 Å². The molecule has 58 heavy (non-hydrogen) atoms. The fourth-order valence-corrected chi connectivity index (χ4v) is 5.03. The third-order valence-electron chi connectivity index (χ3n) is 8.03. The Balaban J connectivity index is 2.16. The molecule has 0 aliphatic heterocycles. The van der Waals surface area contributed by atoms with Crippen LogP contribution in [0.2, 0.25) is 0 Å². The van der Waals surface area contributed by atoms with E-state index in [1.807, 2.05) is 12.1 Å². The van der Waals surface area contributed by atoms with E-state index in [1.54, 1.807) is 90.1 Å². The smallest absolute Gasteiger partial charge is 0.408 e. The van der Waals surface area contributed by atoms with Crippen LogP contribution in [0.4, 0.5) is 9.59 Å². The molecule has 0 aliphatic carbocycles. The summed E-state index contributed by atoms with van der Waals surface area (Å²) in [5.41, 5.74) is 0.0849. The van der Waals surface area contributed by atoms with Gasteiger partial charge in [0.05, 0.1) is 19.3 Å². The predicted molar refractivity (Wildman–Crippen MR) is 214 cm³/mol. The van der Waals surface area contributed by atoms with Crippen molar-refractivity contribution < 1.29 is 52.5 Å². The molecule has 0 spiro atoms. The Morgan fingerprint density at radius 1 is 0.621 bits per heavy atom. The monoisotopic (exact) mass is 812 g/mol. The SMILES string of the molecule is COC(=O)CNC(=O)[C@H](CCCCNC(=O)OC(C)(C)C)NC(=O)[C@H](C)NC(=O)[C@H](COC(C)(C)C)NC(=O)[C@H](Cc1ccccc1)NC(=O)OCc1ccccc1. The van der Waals surface area contributed by atoms with Gasteiger partial charge in [0.2, 0.25) is 23.6 Å². The molecule has 0 bridgehead atoms. The first-order valence-electron chi connectivity index (χ1n) is 19.1. The minimum absolute atomic E-state index is 0.0319. The van der Waals surface area contributed by atoms with Crippen molar-refractivity contribution in [1.82, 2.24) is 31.9 Å². The fourth-order valence-electron chi connectivity index (χ4n) is 5.03. The van der Waals surface area contributed by atoms with Gasteiger partial charge in [-0.25, -0.2) is 9.59 Å². The molecule has 17 heteroatoms. The van der Waals surface area contributed by atoms with E-state index in [0.29, 0.717) is 12.8 Å². The largest absolute Gasteiger partial charge is 0.468 e. The molecule has 0 fully saturated rings. The lowest BCUT2D eigenvalue weighted by atomic mass is 10.0. The first-order chi connectivity index (χ1) is 27.3. The lowest BCUT2D eigenvalue weighted by molar-refractivity contribution is -0.141. The summed E-state index contributed by atoms with van der Waals surface area (Å²) in [6.07, 6.45) is -0.439. The molecule has 4 atom stereocenters. The highest BCUT2D eigenvalue weighted by molar-refractivity contribution is 5.95. The number of ether oxygens (including phenoxy) is 4. The van der Waals surface area contributed by atoms with Gasteiger partial charge in [-0.1, -0.05) is 60.7 Å². The van der Waals surface area contributed by atoms with Gasteiger partial charge in [0.25, 0.3) is 0 Å². The number of unbranched alkanes of at least 4 members (excludes halogenated alkanes) is 1. The van der Waals surface area contributed by atoms with E-state index in [-0.39, 0.29) is 32.6 Å². The predicted octanol–water partition coefficient (Wildman–Crippen LogP) is 2.80. The second kappa shape index (κ2) is 24.1. The standard InChI is InChI=1S/C41H60N6O11/c1-27(34(49)45-30(35(50)43-24-33(48)55-8)21-15-16-22-42-38(53)58-41(5,6)7)44-37(52)32(26-57-40(2,3)4)46-36(51)31(23-28-17-11-9-12-18-28)47-39(54)56-25-29-19-13-10-14-20-29/h9-14,17-20,27,30-32H,15-16,21-26H2,1-8H3,(H,42,53)(H,43,50)(H,44,52)(H,45,49)(H,46,51)(H,47,54)/t27-,30-,31-,32-/m0/s1. The summed E-state index contributed by atoms with van der Waals surface area (Å²) in [6.45, 7) is 11.4. The van der Waals surface area contributed by atoms with Crippen molar-refractivity contribution in [3.05, 3.63) is 71.8 Å². The molecule has 0 unspecified atom stereocenters. The second-order valence-electron chi connectivity index (χ2n) is 15.4. The Morgan fingerprint density at radius 3 is 1.79 bits per heavy atom. The molecule has 0 saturated heterocycles. The van der Waals surface area contributed by atoms with Crippen molar-refractivity contribution in [2.75, 3.05) is 26.8 Å². The van der Waals surface area contributed by atoms with Crippen LogP contribution in [-0.4, -0.2) is 104 Å². The summed E-state index contributed by atoms with van der Waals surface area (Å²) in [5, 5.41) is 15.5. The zero-order valence-electron chi connectivity index (χ0n) is 34.7. The van der Waals surface area contributed by atoms with E-state index in [4.69, 9.17) is 14.2 Å². The maximum absolute atomic E-state index is 13.8. The number of amides is 6. The zero-order valence-corrected chi connectivity index (χ0v) is 34.7. The summed E-state index contributed by atoms with van der Waals surface area (Å²) < 4.78 is 21.0. The number of hydrogen-bond donors (Lipinski definition) is 6. The molecule has 0 aliphatic rings. The molecule has 0 heterocycles. The summed E-state index contributed by atoms with van der Waals surface area (Å²) in [7, 11) is 1.17. The third-order valence-corrected chi connectivity index (χ3v) is 8.03. The number of benzene rings is 2. The maximum atomic E-state index is 13.8. The Labute approximate surface area is 340 Å². The Kier molecular flexibility index (Phi) is 20.2. The van der Waals surface area contributed by atoms with Crippen molar-refractivity contribution in [2.24, 2.45) is 0 Å². The van der Waals surface area contributed by atoms with Crippen molar-refractivity contribution in [3.63, 3.8) is 0 Å². The van der Waals surface area contributed by atoms with E-state index in [2.05, 4.69) is 36.6 Å². The van der Waals surface area contributed by atoms with Crippen molar-refractivity contribution in [2.45, 2.75) is 116 Å². The van der Waals surface area contributed by atoms with Crippen LogP contribution in [0.15, 0.2) is 60.7 Å². The van der Waals surface area contributed by atoms with Crippen LogP contribution in [0, 0.1) is 0 Å². The van der Waals surface area contributed by atoms with Gasteiger partial charge < -0.3 is 50.8 Å². The average molecular weight is 813 g/mol. The summed E-state index contributed by atoms with van der Waals surface area (Å²) >= 11 is 0. The van der Waals surface area contributed by atoms with E-state index in [1.165, 1.54) is 14.0 Å². The van der Waals surface area contributed by atoms with Crippen LogP contribution in [0.3, 0.4) is 0 Å². The number of esters is 1. The molecule has 6 N–H and O–H groups in total. The number of nitrogens with one attached hydrogen (secondary N) is 6.